The smallest absolute Gasteiger partial charge is 0.319 e. The van der Waals surface area contributed by atoms with Crippen LogP contribution in [0.15, 0.2) is 22.0 Å². The molecule has 0 aliphatic heterocycles. The van der Waals surface area contributed by atoms with Crippen LogP contribution in [0.4, 0.5) is 10.5 Å². The van der Waals surface area contributed by atoms with E-state index in [1.807, 2.05) is 17.5 Å². The van der Waals surface area contributed by atoms with Gasteiger partial charge in [0, 0.05) is 4.88 Å². The minimum absolute atomic E-state index is 0.257. The normalized spacial score (nSPS) is 10.2. The van der Waals surface area contributed by atoms with E-state index >= 15 is 0 Å². The summed E-state index contributed by atoms with van der Waals surface area (Å²) in [7, 11) is 0. The number of nitrogens with zero attached hydrogens (tertiary/aromatic N) is 1. The Morgan fingerprint density at radius 2 is 2.35 bits per heavy atom. The van der Waals surface area contributed by atoms with Crippen molar-refractivity contribution in [1.29, 1.82) is 0 Å². The highest BCUT2D eigenvalue weighted by atomic mass is 32.1. The van der Waals surface area contributed by atoms with Gasteiger partial charge in [0.2, 0.25) is 0 Å². The van der Waals surface area contributed by atoms with E-state index in [4.69, 9.17) is 4.52 Å². The Kier molecular flexibility index (Phi) is 3.43. The Bertz CT molecular complexity index is 485. The molecule has 0 atom stereocenters. The summed E-state index contributed by atoms with van der Waals surface area (Å²) in [4.78, 5) is 12.7. The molecular formula is C11H13N3O2S. The van der Waals surface area contributed by atoms with Gasteiger partial charge in [-0.25, -0.2) is 4.79 Å². The molecule has 0 saturated heterocycles. The summed E-state index contributed by atoms with van der Waals surface area (Å²) in [6.07, 6.45) is 0. The highest BCUT2D eigenvalue weighted by Gasteiger charge is 2.11. The Morgan fingerprint density at radius 3 is 2.94 bits per heavy atom. The maximum absolute atomic E-state index is 11.6. The van der Waals surface area contributed by atoms with E-state index in [0.29, 0.717) is 23.7 Å². The van der Waals surface area contributed by atoms with Gasteiger partial charge in [-0.1, -0.05) is 11.2 Å². The number of amides is 2. The topological polar surface area (TPSA) is 67.2 Å². The lowest BCUT2D eigenvalue weighted by Crippen LogP contribution is -2.28. The van der Waals surface area contributed by atoms with Crippen LogP contribution in [0.25, 0.3) is 0 Å². The first-order valence-corrected chi connectivity index (χ1v) is 6.05. The van der Waals surface area contributed by atoms with E-state index in [2.05, 4.69) is 15.8 Å². The molecule has 90 valence electrons. The number of hydrogen-bond donors (Lipinski definition) is 2. The maximum Gasteiger partial charge on any atom is 0.319 e. The summed E-state index contributed by atoms with van der Waals surface area (Å²) in [5, 5.41) is 11.2. The number of carbonyl (C=O) groups excluding carboxylic acids is 1. The fourth-order valence-corrected chi connectivity index (χ4v) is 2.04. The van der Waals surface area contributed by atoms with E-state index in [1.54, 1.807) is 25.2 Å². The van der Waals surface area contributed by atoms with Gasteiger partial charge < -0.3 is 15.2 Å². The number of thiophene rings is 1. The average molecular weight is 251 g/mol. The molecule has 0 bridgehead atoms. The quantitative estimate of drug-likeness (QED) is 0.881. The molecule has 2 N–H and O–H groups in total. The lowest BCUT2D eigenvalue weighted by Gasteiger charge is -2.05. The van der Waals surface area contributed by atoms with Crippen LogP contribution in [-0.4, -0.2) is 11.2 Å². The van der Waals surface area contributed by atoms with Gasteiger partial charge in [0.15, 0.2) is 5.76 Å². The second-order valence-corrected chi connectivity index (χ2v) is 4.62. The van der Waals surface area contributed by atoms with E-state index < -0.39 is 0 Å². The van der Waals surface area contributed by atoms with Crippen LogP contribution in [0.2, 0.25) is 0 Å². The second kappa shape index (κ2) is 5.01. The van der Waals surface area contributed by atoms with Crippen LogP contribution in [0.5, 0.6) is 0 Å². The number of urea groups is 1. The molecule has 17 heavy (non-hydrogen) atoms. The Hall–Kier alpha value is -1.82. The van der Waals surface area contributed by atoms with Crippen molar-refractivity contribution in [3.63, 3.8) is 0 Å². The van der Waals surface area contributed by atoms with Gasteiger partial charge in [-0.2, -0.15) is 0 Å². The molecule has 2 aromatic heterocycles. The third-order valence-corrected chi connectivity index (χ3v) is 3.15. The molecule has 0 saturated carbocycles. The second-order valence-electron chi connectivity index (χ2n) is 3.59. The predicted octanol–water partition coefficient (Wildman–Crippen LogP) is 2.67. The van der Waals surface area contributed by atoms with E-state index in [9.17, 15) is 4.79 Å². The van der Waals surface area contributed by atoms with Gasteiger partial charge >= 0.3 is 6.03 Å². The minimum atomic E-state index is -0.257. The molecule has 2 heterocycles. The van der Waals surface area contributed by atoms with Crippen LogP contribution in [0.1, 0.15) is 16.3 Å². The largest absolute Gasteiger partial charge is 0.359 e. The Morgan fingerprint density at radius 1 is 1.53 bits per heavy atom. The van der Waals surface area contributed by atoms with Crippen LogP contribution in [0, 0.1) is 13.8 Å². The van der Waals surface area contributed by atoms with Crippen LogP contribution >= 0.6 is 11.3 Å². The molecule has 0 aliphatic carbocycles. The highest BCUT2D eigenvalue weighted by molar-refractivity contribution is 7.09. The van der Waals surface area contributed by atoms with Crippen LogP contribution in [-0.2, 0) is 6.54 Å². The summed E-state index contributed by atoms with van der Waals surface area (Å²) in [6.45, 7) is 4.06. The number of hydrogen-bond acceptors (Lipinski definition) is 4. The van der Waals surface area contributed by atoms with Crippen molar-refractivity contribution in [2.24, 2.45) is 0 Å². The van der Waals surface area contributed by atoms with Gasteiger partial charge in [-0.3, -0.25) is 0 Å². The van der Waals surface area contributed by atoms with E-state index in [-0.39, 0.29) is 6.03 Å². The summed E-state index contributed by atoms with van der Waals surface area (Å²) in [5.74, 6) is 0.605. The Labute approximate surface area is 103 Å². The first-order chi connectivity index (χ1) is 8.16. The van der Waals surface area contributed by atoms with Gasteiger partial charge in [-0.15, -0.1) is 11.3 Å². The zero-order chi connectivity index (χ0) is 12.3. The molecular weight excluding hydrogens is 238 g/mol. The highest BCUT2D eigenvalue weighted by Crippen LogP contribution is 2.18. The summed E-state index contributed by atoms with van der Waals surface area (Å²) < 4.78 is 4.96. The van der Waals surface area contributed by atoms with Gasteiger partial charge in [-0.05, 0) is 25.3 Å². The zero-order valence-electron chi connectivity index (χ0n) is 9.61. The average Bonchev–Trinajstić information content (AvgIpc) is 2.91. The van der Waals surface area contributed by atoms with Crippen molar-refractivity contribution in [3.05, 3.63) is 33.8 Å². The lowest BCUT2D eigenvalue weighted by atomic mass is 10.3. The minimum Gasteiger partial charge on any atom is -0.359 e. The SMILES string of the molecule is Cc1noc(C)c1NC(=O)NCc1cccs1. The van der Waals surface area contributed by atoms with Gasteiger partial charge in [0.1, 0.15) is 11.4 Å². The molecule has 0 radical (unpaired) electrons. The summed E-state index contributed by atoms with van der Waals surface area (Å²) in [6, 6.07) is 3.67. The number of carbonyl (C=O) groups is 1. The first kappa shape index (κ1) is 11.7. The summed E-state index contributed by atoms with van der Waals surface area (Å²) in [5.41, 5.74) is 1.31. The molecule has 0 aliphatic rings. The number of anilines is 1. The fraction of sp³-hybridized carbons (Fsp3) is 0.273. The standard InChI is InChI=1S/C11H13N3O2S/c1-7-10(8(2)16-14-7)13-11(15)12-6-9-4-3-5-17-9/h3-5H,6H2,1-2H3,(H2,12,13,15). The molecule has 0 unspecified atom stereocenters. The molecule has 5 nitrogen and oxygen atoms in total. The van der Waals surface area contributed by atoms with Crippen molar-refractivity contribution in [2.75, 3.05) is 5.32 Å². The maximum atomic E-state index is 11.6. The molecule has 0 spiro atoms. The van der Waals surface area contributed by atoms with Crippen molar-refractivity contribution in [2.45, 2.75) is 20.4 Å². The third kappa shape index (κ3) is 2.85. The summed E-state index contributed by atoms with van der Waals surface area (Å²) >= 11 is 1.61. The van der Waals surface area contributed by atoms with Crippen molar-refractivity contribution < 1.29 is 9.32 Å². The van der Waals surface area contributed by atoms with Gasteiger partial charge in [0.25, 0.3) is 0 Å². The van der Waals surface area contributed by atoms with Gasteiger partial charge in [0.05, 0.1) is 6.54 Å². The number of rotatable bonds is 3. The van der Waals surface area contributed by atoms with E-state index in [0.717, 1.165) is 4.88 Å². The number of aryl methyl sites for hydroxylation is 2. The van der Waals surface area contributed by atoms with Crippen LogP contribution < -0.4 is 10.6 Å². The molecule has 6 heteroatoms. The lowest BCUT2D eigenvalue weighted by molar-refractivity contribution is 0.251. The third-order valence-electron chi connectivity index (χ3n) is 2.28. The number of nitrogens with one attached hydrogen (secondary N) is 2. The first-order valence-electron chi connectivity index (χ1n) is 5.17. The molecule has 2 rings (SSSR count). The fourth-order valence-electron chi connectivity index (χ4n) is 1.40. The molecule has 0 fully saturated rings. The van der Waals surface area contributed by atoms with Crippen molar-refractivity contribution >= 4 is 23.1 Å². The van der Waals surface area contributed by atoms with Crippen molar-refractivity contribution in [1.82, 2.24) is 10.5 Å². The molecule has 2 amide bonds. The monoisotopic (exact) mass is 251 g/mol. The van der Waals surface area contributed by atoms with E-state index in [1.165, 1.54) is 0 Å². The molecule has 2 aromatic rings. The molecule has 0 aromatic carbocycles. The van der Waals surface area contributed by atoms with Crippen LogP contribution in [0.3, 0.4) is 0 Å². The zero-order valence-corrected chi connectivity index (χ0v) is 10.4. The number of aromatic nitrogens is 1. The Balaban J connectivity index is 1.89. The predicted molar refractivity (Wildman–Crippen MR) is 66.2 cm³/mol. The van der Waals surface area contributed by atoms with Crippen molar-refractivity contribution in [3.8, 4) is 0 Å².